The molecule has 30 heavy (non-hydrogen) atoms. The molecule has 0 aliphatic carbocycles. The molecule has 0 unspecified atom stereocenters. The highest BCUT2D eigenvalue weighted by molar-refractivity contribution is 6.18. The zero-order valence-corrected chi connectivity index (χ0v) is 15.8. The number of para-hydroxylation sites is 2. The molecule has 2 amide bonds. The van der Waals surface area contributed by atoms with E-state index < -0.39 is 17.5 Å². The molecule has 3 aromatic rings. The van der Waals surface area contributed by atoms with Crippen LogP contribution in [0.2, 0.25) is 0 Å². The van der Waals surface area contributed by atoms with Gasteiger partial charge in [0.15, 0.2) is 0 Å². The van der Waals surface area contributed by atoms with E-state index in [1.54, 1.807) is 24.3 Å². The van der Waals surface area contributed by atoms with E-state index in [-0.39, 0.29) is 24.6 Å². The number of rotatable bonds is 4. The average Bonchev–Trinajstić information content (AvgIpc) is 2.88. The summed E-state index contributed by atoms with van der Waals surface area (Å²) in [4.78, 5) is 31.5. The molecule has 0 spiro atoms. The van der Waals surface area contributed by atoms with E-state index in [4.69, 9.17) is 0 Å². The summed E-state index contributed by atoms with van der Waals surface area (Å²) in [6, 6.07) is 19.1. The predicted octanol–water partition coefficient (Wildman–Crippen LogP) is 4.46. The van der Waals surface area contributed by atoms with Crippen molar-refractivity contribution < 1.29 is 18.4 Å². The standard InChI is InChI=1S/C23H17F2N3O2/c24-16-10-11-17(25)20(12-16)27-22(29)14-28-21-9-5-4-8-18(21)26-19(13-23(28)30)15-6-2-1-3-7-15/h1-12H,13-14H2,(H,27,29). The van der Waals surface area contributed by atoms with Gasteiger partial charge in [-0.05, 0) is 29.8 Å². The Morgan fingerprint density at radius 3 is 2.53 bits per heavy atom. The maximum atomic E-state index is 13.8. The summed E-state index contributed by atoms with van der Waals surface area (Å²) in [7, 11) is 0. The molecule has 0 fully saturated rings. The number of carbonyl (C=O) groups excluding carboxylic acids is 2. The number of hydrogen-bond acceptors (Lipinski definition) is 3. The van der Waals surface area contributed by atoms with Gasteiger partial charge in [0.2, 0.25) is 11.8 Å². The lowest BCUT2D eigenvalue weighted by atomic mass is 10.1. The molecule has 0 saturated carbocycles. The summed E-state index contributed by atoms with van der Waals surface area (Å²) in [6.07, 6.45) is 0.000297. The Morgan fingerprint density at radius 2 is 1.73 bits per heavy atom. The molecule has 1 aliphatic rings. The minimum atomic E-state index is -0.762. The second-order valence-corrected chi connectivity index (χ2v) is 6.74. The van der Waals surface area contributed by atoms with Gasteiger partial charge in [0, 0.05) is 6.07 Å². The van der Waals surface area contributed by atoms with Gasteiger partial charge in [-0.15, -0.1) is 0 Å². The number of benzene rings is 3. The molecule has 0 aromatic heterocycles. The van der Waals surface area contributed by atoms with Crippen molar-refractivity contribution in [2.75, 3.05) is 16.8 Å². The van der Waals surface area contributed by atoms with E-state index in [1.165, 1.54) is 4.90 Å². The summed E-state index contributed by atoms with van der Waals surface area (Å²) in [5, 5.41) is 2.33. The average molecular weight is 405 g/mol. The van der Waals surface area contributed by atoms with Crippen LogP contribution in [0, 0.1) is 11.6 Å². The largest absolute Gasteiger partial charge is 0.322 e. The second-order valence-electron chi connectivity index (χ2n) is 6.74. The lowest BCUT2D eigenvalue weighted by molar-refractivity contribution is -0.120. The van der Waals surface area contributed by atoms with Crippen LogP contribution in [0.4, 0.5) is 25.8 Å². The Bertz CT molecular complexity index is 1150. The van der Waals surface area contributed by atoms with Gasteiger partial charge in [-0.1, -0.05) is 42.5 Å². The molecular weight excluding hydrogens is 388 g/mol. The van der Waals surface area contributed by atoms with Gasteiger partial charge in [-0.25, -0.2) is 8.78 Å². The van der Waals surface area contributed by atoms with E-state index in [0.29, 0.717) is 17.1 Å². The monoisotopic (exact) mass is 405 g/mol. The highest BCUT2D eigenvalue weighted by Gasteiger charge is 2.26. The second kappa shape index (κ2) is 8.24. The third kappa shape index (κ3) is 4.10. The zero-order valence-electron chi connectivity index (χ0n) is 15.8. The fourth-order valence-electron chi connectivity index (χ4n) is 3.24. The molecule has 0 atom stereocenters. The van der Waals surface area contributed by atoms with Gasteiger partial charge in [-0.2, -0.15) is 0 Å². The van der Waals surface area contributed by atoms with Crippen molar-refractivity contribution in [1.82, 2.24) is 0 Å². The first kappa shape index (κ1) is 19.4. The Labute approximate surface area is 171 Å². The van der Waals surface area contributed by atoms with Crippen LogP contribution >= 0.6 is 0 Å². The van der Waals surface area contributed by atoms with Gasteiger partial charge >= 0.3 is 0 Å². The van der Waals surface area contributed by atoms with Crippen LogP contribution in [0.15, 0.2) is 77.8 Å². The summed E-state index contributed by atoms with van der Waals surface area (Å²) in [5.74, 6) is -2.41. The Kier molecular flexibility index (Phi) is 5.34. The van der Waals surface area contributed by atoms with Crippen molar-refractivity contribution in [3.8, 4) is 0 Å². The summed E-state index contributed by atoms with van der Waals surface area (Å²) in [6.45, 7) is -0.358. The Morgan fingerprint density at radius 1 is 1.00 bits per heavy atom. The molecule has 1 heterocycles. The van der Waals surface area contributed by atoms with Gasteiger partial charge in [0.25, 0.3) is 0 Å². The Balaban J connectivity index is 1.61. The molecule has 1 aliphatic heterocycles. The summed E-state index contributed by atoms with van der Waals surface area (Å²) in [5.41, 5.74) is 2.15. The van der Waals surface area contributed by atoms with Gasteiger partial charge in [0.05, 0.1) is 29.2 Å². The summed E-state index contributed by atoms with van der Waals surface area (Å²) >= 11 is 0. The van der Waals surface area contributed by atoms with Crippen LogP contribution in [-0.4, -0.2) is 24.1 Å². The Hall–Kier alpha value is -3.87. The predicted molar refractivity (Wildman–Crippen MR) is 111 cm³/mol. The van der Waals surface area contributed by atoms with E-state index in [1.807, 2.05) is 30.3 Å². The van der Waals surface area contributed by atoms with Gasteiger partial charge in [0.1, 0.15) is 18.2 Å². The highest BCUT2D eigenvalue weighted by atomic mass is 19.1. The lowest BCUT2D eigenvalue weighted by Gasteiger charge is -2.22. The molecule has 0 saturated heterocycles. The lowest BCUT2D eigenvalue weighted by Crippen LogP contribution is -2.38. The normalized spacial score (nSPS) is 13.3. The molecule has 4 rings (SSSR count). The maximum Gasteiger partial charge on any atom is 0.244 e. The van der Waals surface area contributed by atoms with E-state index in [2.05, 4.69) is 10.3 Å². The summed E-state index contributed by atoms with van der Waals surface area (Å²) < 4.78 is 27.2. The van der Waals surface area contributed by atoms with Gasteiger partial charge in [-0.3, -0.25) is 14.6 Å². The highest BCUT2D eigenvalue weighted by Crippen LogP contribution is 2.32. The van der Waals surface area contributed by atoms with Crippen LogP contribution in [-0.2, 0) is 9.59 Å². The molecule has 3 aromatic carbocycles. The number of fused-ring (bicyclic) bond motifs is 1. The van der Waals surface area contributed by atoms with Gasteiger partial charge < -0.3 is 10.2 Å². The minimum Gasteiger partial charge on any atom is -0.322 e. The number of hydrogen-bond donors (Lipinski definition) is 1. The topological polar surface area (TPSA) is 61.8 Å². The van der Waals surface area contributed by atoms with Crippen LogP contribution in [0.1, 0.15) is 12.0 Å². The molecular formula is C23H17F2N3O2. The SMILES string of the molecule is O=C(CN1C(=O)CC(c2ccccc2)=Nc2ccccc21)Nc1cc(F)ccc1F. The molecule has 0 radical (unpaired) electrons. The number of anilines is 2. The first-order valence-electron chi connectivity index (χ1n) is 9.28. The third-order valence-corrected chi connectivity index (χ3v) is 4.66. The minimum absolute atomic E-state index is 0.000297. The number of amides is 2. The fourth-order valence-corrected chi connectivity index (χ4v) is 3.24. The smallest absolute Gasteiger partial charge is 0.244 e. The number of nitrogens with zero attached hydrogens (tertiary/aromatic N) is 2. The van der Waals surface area contributed by atoms with Crippen molar-refractivity contribution in [2.24, 2.45) is 4.99 Å². The molecule has 5 nitrogen and oxygen atoms in total. The molecule has 0 bridgehead atoms. The van der Waals surface area contributed by atoms with Crippen LogP contribution < -0.4 is 10.2 Å². The number of carbonyl (C=O) groups is 2. The van der Waals surface area contributed by atoms with Crippen molar-refractivity contribution in [1.29, 1.82) is 0 Å². The van der Waals surface area contributed by atoms with Crippen molar-refractivity contribution in [3.63, 3.8) is 0 Å². The quantitative estimate of drug-likeness (QED) is 0.697. The molecule has 150 valence electrons. The third-order valence-electron chi connectivity index (χ3n) is 4.66. The van der Waals surface area contributed by atoms with Crippen molar-refractivity contribution >= 4 is 34.6 Å². The molecule has 1 N–H and O–H groups in total. The maximum absolute atomic E-state index is 13.8. The fraction of sp³-hybridized carbons (Fsp3) is 0.0870. The first-order chi connectivity index (χ1) is 14.5. The van der Waals surface area contributed by atoms with Crippen LogP contribution in [0.3, 0.4) is 0 Å². The van der Waals surface area contributed by atoms with E-state index >= 15 is 0 Å². The van der Waals surface area contributed by atoms with Crippen molar-refractivity contribution in [3.05, 3.63) is 90.0 Å². The number of halogens is 2. The first-order valence-corrected chi connectivity index (χ1v) is 9.28. The van der Waals surface area contributed by atoms with Crippen LogP contribution in [0.25, 0.3) is 0 Å². The number of nitrogens with one attached hydrogen (secondary N) is 1. The number of aliphatic imine (C=N–C) groups is 1. The van der Waals surface area contributed by atoms with E-state index in [9.17, 15) is 18.4 Å². The van der Waals surface area contributed by atoms with Crippen LogP contribution in [0.5, 0.6) is 0 Å². The zero-order chi connectivity index (χ0) is 21.1. The van der Waals surface area contributed by atoms with E-state index in [0.717, 1.165) is 23.8 Å². The molecule has 7 heteroatoms. The van der Waals surface area contributed by atoms with Crippen molar-refractivity contribution in [2.45, 2.75) is 6.42 Å².